The molecule has 2 saturated heterocycles. The van der Waals surface area contributed by atoms with Gasteiger partial charge in [-0.2, -0.15) is 0 Å². The van der Waals surface area contributed by atoms with Gasteiger partial charge in [-0.05, 0) is 30.7 Å². The van der Waals surface area contributed by atoms with E-state index in [-0.39, 0.29) is 30.7 Å². The predicted octanol–water partition coefficient (Wildman–Crippen LogP) is 2.41. The molecule has 4 heterocycles. The molecule has 2 aliphatic rings. The van der Waals surface area contributed by atoms with E-state index in [0.717, 1.165) is 16.6 Å². The number of ether oxygens (including phenoxy) is 1. The topological polar surface area (TPSA) is 92.4 Å². The number of nitrogens with zero attached hydrogens (tertiary/aromatic N) is 2. The van der Waals surface area contributed by atoms with Gasteiger partial charge in [-0.15, -0.1) is 0 Å². The van der Waals surface area contributed by atoms with Crippen molar-refractivity contribution in [2.45, 2.75) is 17.8 Å². The summed E-state index contributed by atoms with van der Waals surface area (Å²) in [7, 11) is -3.27. The second kappa shape index (κ2) is 7.21. The van der Waals surface area contributed by atoms with Gasteiger partial charge < -0.3 is 14.6 Å². The zero-order valence-corrected chi connectivity index (χ0v) is 17.3. The van der Waals surface area contributed by atoms with Gasteiger partial charge in [-0.3, -0.25) is 9.78 Å². The monoisotopic (exact) mass is 425 g/mol. The number of nitrogens with one attached hydrogen (secondary N) is 1. The summed E-state index contributed by atoms with van der Waals surface area (Å²) >= 11 is 0. The molecule has 1 N–H and O–H groups in total. The number of hydrogen-bond donors (Lipinski definition) is 1. The number of amides is 1. The van der Waals surface area contributed by atoms with E-state index in [9.17, 15) is 13.2 Å². The molecule has 30 heavy (non-hydrogen) atoms. The molecular formula is C22H23N3O4S. The zero-order valence-electron chi connectivity index (χ0n) is 16.5. The fourth-order valence-electron chi connectivity index (χ4n) is 4.60. The van der Waals surface area contributed by atoms with Gasteiger partial charge in [0, 0.05) is 36.1 Å². The van der Waals surface area contributed by atoms with Gasteiger partial charge in [0.25, 0.3) is 5.91 Å². The van der Waals surface area contributed by atoms with Crippen LogP contribution in [0.2, 0.25) is 0 Å². The lowest BCUT2D eigenvalue weighted by Crippen LogP contribution is -2.68. The van der Waals surface area contributed by atoms with Crippen LogP contribution in [0, 0.1) is 5.92 Å². The predicted molar refractivity (Wildman–Crippen MR) is 113 cm³/mol. The molecule has 0 bridgehead atoms. The Labute approximate surface area is 175 Å². The van der Waals surface area contributed by atoms with Crippen molar-refractivity contribution in [1.82, 2.24) is 14.9 Å². The van der Waals surface area contributed by atoms with E-state index in [1.54, 1.807) is 11.1 Å². The van der Waals surface area contributed by atoms with Crippen LogP contribution in [0.4, 0.5) is 0 Å². The van der Waals surface area contributed by atoms with Gasteiger partial charge in [-0.1, -0.05) is 24.3 Å². The Hall–Kier alpha value is -2.71. The lowest BCUT2D eigenvalue weighted by Gasteiger charge is -2.49. The van der Waals surface area contributed by atoms with E-state index in [4.69, 9.17) is 4.74 Å². The summed E-state index contributed by atoms with van der Waals surface area (Å²) in [5.74, 6) is -0.121. The number of hydrogen-bond acceptors (Lipinski definition) is 5. The van der Waals surface area contributed by atoms with Gasteiger partial charge in [0.05, 0.1) is 24.7 Å². The van der Waals surface area contributed by atoms with Crippen LogP contribution in [-0.4, -0.2) is 59.4 Å². The molecule has 7 nitrogen and oxygen atoms in total. The number of aromatic amines is 1. The van der Waals surface area contributed by atoms with Crippen molar-refractivity contribution in [2.24, 2.45) is 5.92 Å². The molecule has 0 aliphatic carbocycles. The molecule has 156 valence electrons. The standard InChI is InChI=1S/C22H23N3O4S/c26-21(20-11-16-5-1-2-7-19(16)24-20)25-14-22(15-25)17(8-10-30(22,27)28)12-29-13-18-6-3-4-9-23-18/h1-7,9,11,17,24H,8,10,12-15H2/t17-/m0/s1. The van der Waals surface area contributed by atoms with Gasteiger partial charge in [0.1, 0.15) is 10.4 Å². The normalized spacial score (nSPS) is 21.7. The highest BCUT2D eigenvalue weighted by molar-refractivity contribution is 7.93. The summed E-state index contributed by atoms with van der Waals surface area (Å²) in [6.07, 6.45) is 2.28. The van der Waals surface area contributed by atoms with E-state index >= 15 is 0 Å². The molecule has 1 spiro atoms. The Bertz CT molecular complexity index is 1150. The third-order valence-electron chi connectivity index (χ3n) is 6.36. The quantitative estimate of drug-likeness (QED) is 0.678. The summed E-state index contributed by atoms with van der Waals surface area (Å²) in [4.78, 5) is 21.9. The van der Waals surface area contributed by atoms with Crippen LogP contribution >= 0.6 is 0 Å². The van der Waals surface area contributed by atoms with E-state index in [1.807, 2.05) is 48.5 Å². The van der Waals surface area contributed by atoms with Crippen LogP contribution in [0.25, 0.3) is 10.9 Å². The number of benzene rings is 1. The minimum Gasteiger partial charge on any atom is -0.375 e. The Morgan fingerprint density at radius 3 is 2.77 bits per heavy atom. The van der Waals surface area contributed by atoms with Crippen molar-refractivity contribution < 1.29 is 17.9 Å². The highest BCUT2D eigenvalue weighted by atomic mass is 32.2. The van der Waals surface area contributed by atoms with Crippen molar-refractivity contribution in [2.75, 3.05) is 25.4 Å². The lowest BCUT2D eigenvalue weighted by atomic mass is 9.83. The van der Waals surface area contributed by atoms with E-state index < -0.39 is 14.6 Å². The molecule has 1 amide bonds. The molecule has 1 aromatic carbocycles. The van der Waals surface area contributed by atoms with Crippen LogP contribution < -0.4 is 0 Å². The van der Waals surface area contributed by atoms with Crippen molar-refractivity contribution in [3.8, 4) is 0 Å². The van der Waals surface area contributed by atoms with Crippen LogP contribution in [-0.2, 0) is 21.2 Å². The van der Waals surface area contributed by atoms with Crippen molar-refractivity contribution >= 4 is 26.6 Å². The van der Waals surface area contributed by atoms with Crippen molar-refractivity contribution in [1.29, 1.82) is 0 Å². The first-order chi connectivity index (χ1) is 14.5. The summed E-state index contributed by atoms with van der Waals surface area (Å²) < 4.78 is 30.6. The smallest absolute Gasteiger partial charge is 0.270 e. The van der Waals surface area contributed by atoms with Crippen LogP contribution in [0.5, 0.6) is 0 Å². The molecule has 1 atom stereocenters. The second-order valence-electron chi connectivity index (χ2n) is 8.14. The molecule has 5 rings (SSSR count). The summed E-state index contributed by atoms with van der Waals surface area (Å²) in [5.41, 5.74) is 2.20. The molecule has 8 heteroatoms. The minimum absolute atomic E-state index is 0.113. The molecule has 0 unspecified atom stereocenters. The Morgan fingerprint density at radius 2 is 2.00 bits per heavy atom. The van der Waals surface area contributed by atoms with E-state index in [2.05, 4.69) is 9.97 Å². The van der Waals surface area contributed by atoms with Crippen LogP contribution in [0.1, 0.15) is 22.6 Å². The molecule has 0 saturated carbocycles. The van der Waals surface area contributed by atoms with Gasteiger partial charge in [0.2, 0.25) is 0 Å². The Balaban J connectivity index is 1.27. The third kappa shape index (κ3) is 3.11. The first-order valence-electron chi connectivity index (χ1n) is 10.1. The van der Waals surface area contributed by atoms with Crippen LogP contribution in [0.3, 0.4) is 0 Å². The fourth-order valence-corrected chi connectivity index (χ4v) is 7.00. The highest BCUT2D eigenvalue weighted by Gasteiger charge is 2.62. The Kier molecular flexibility index (Phi) is 4.63. The number of H-pyrrole nitrogens is 1. The second-order valence-corrected chi connectivity index (χ2v) is 10.6. The molecule has 0 radical (unpaired) electrons. The number of rotatable bonds is 5. The zero-order chi connectivity index (χ0) is 20.8. The summed E-state index contributed by atoms with van der Waals surface area (Å²) in [6.45, 7) is 1.15. The fraction of sp³-hybridized carbons (Fsp3) is 0.364. The molecule has 2 aliphatic heterocycles. The van der Waals surface area contributed by atoms with Gasteiger partial charge in [-0.25, -0.2) is 8.42 Å². The maximum Gasteiger partial charge on any atom is 0.270 e. The molecule has 2 aromatic heterocycles. The van der Waals surface area contributed by atoms with E-state index in [1.165, 1.54) is 0 Å². The molecular weight excluding hydrogens is 402 g/mol. The number of sulfone groups is 1. The largest absolute Gasteiger partial charge is 0.375 e. The maximum atomic E-state index is 12.9. The lowest BCUT2D eigenvalue weighted by molar-refractivity contribution is 0.0201. The minimum atomic E-state index is -3.27. The molecule has 3 aromatic rings. The SMILES string of the molecule is O=C(c1cc2ccccc2[nH]1)N1CC2(C1)[C@H](COCc1ccccn1)CCS2(=O)=O. The Morgan fingerprint density at radius 1 is 1.20 bits per heavy atom. The number of carbonyl (C=O) groups excluding carboxylic acids is 1. The highest BCUT2D eigenvalue weighted by Crippen LogP contribution is 2.45. The average Bonchev–Trinajstić information content (AvgIpc) is 3.26. The first-order valence-corrected chi connectivity index (χ1v) is 11.7. The number of carbonyl (C=O) groups is 1. The average molecular weight is 426 g/mol. The third-order valence-corrected chi connectivity index (χ3v) is 8.96. The first kappa shape index (κ1) is 19.3. The van der Waals surface area contributed by atoms with Crippen LogP contribution in [0.15, 0.2) is 54.7 Å². The van der Waals surface area contributed by atoms with Crippen molar-refractivity contribution in [3.05, 3.63) is 66.1 Å². The van der Waals surface area contributed by atoms with Gasteiger partial charge in [0.15, 0.2) is 9.84 Å². The van der Waals surface area contributed by atoms with Gasteiger partial charge >= 0.3 is 0 Å². The number of aromatic nitrogens is 2. The molecule has 2 fully saturated rings. The number of pyridine rings is 1. The maximum absolute atomic E-state index is 12.9. The number of fused-ring (bicyclic) bond motifs is 1. The number of para-hydroxylation sites is 1. The van der Waals surface area contributed by atoms with E-state index in [0.29, 0.717) is 25.3 Å². The van der Waals surface area contributed by atoms with Crippen molar-refractivity contribution in [3.63, 3.8) is 0 Å². The number of likely N-dealkylation sites (tertiary alicyclic amines) is 1. The summed E-state index contributed by atoms with van der Waals surface area (Å²) in [6, 6.07) is 15.1. The summed E-state index contributed by atoms with van der Waals surface area (Å²) in [5, 5.41) is 0.963.